The van der Waals surface area contributed by atoms with Crippen molar-refractivity contribution < 1.29 is 9.53 Å². The van der Waals surface area contributed by atoms with Gasteiger partial charge in [0.25, 0.3) is 0 Å². The van der Waals surface area contributed by atoms with E-state index in [0.29, 0.717) is 6.42 Å². The largest absolute Gasteiger partial charge is 0.495 e. The van der Waals surface area contributed by atoms with Crippen LogP contribution in [0.15, 0.2) is 42.7 Å². The van der Waals surface area contributed by atoms with E-state index in [1.54, 1.807) is 13.3 Å². The summed E-state index contributed by atoms with van der Waals surface area (Å²) < 4.78 is 5.27. The van der Waals surface area contributed by atoms with Crippen LogP contribution in [0.5, 0.6) is 5.75 Å². The quantitative estimate of drug-likeness (QED) is 0.681. The number of benzene rings is 1. The topological polar surface area (TPSA) is 68.2 Å². The van der Waals surface area contributed by atoms with Crippen LogP contribution in [0.4, 0.5) is 0 Å². The summed E-state index contributed by atoms with van der Waals surface area (Å²) in [5.41, 5.74) is 3.55. The molecule has 0 radical (unpaired) electrons. The minimum Gasteiger partial charge on any atom is -0.495 e. The van der Waals surface area contributed by atoms with E-state index in [2.05, 4.69) is 33.2 Å². The number of hydrogen-bond acceptors (Lipinski definition) is 6. The lowest BCUT2D eigenvalue weighted by Gasteiger charge is -2.27. The maximum absolute atomic E-state index is 12.7. The Morgan fingerprint density at radius 1 is 1.11 bits per heavy atom. The first-order chi connectivity index (χ1) is 13.6. The van der Waals surface area contributed by atoms with Crippen LogP contribution >= 0.6 is 0 Å². The molecule has 0 atom stereocenters. The van der Waals surface area contributed by atoms with Crippen LogP contribution in [0, 0.1) is 5.92 Å². The Bertz CT molecular complexity index is 997. The van der Waals surface area contributed by atoms with Gasteiger partial charge in [-0.2, -0.15) is 10.2 Å². The lowest BCUT2D eigenvalue weighted by atomic mass is 9.90. The fourth-order valence-electron chi connectivity index (χ4n) is 3.70. The number of ketones is 1. The standard InChI is InChI=1S/C22H24N4O2/c1-26-7-5-15(6-8-26)22(27)12-19-10-17-9-16(3-4-21(17)25-24-19)18-11-20(28-2)14-23-13-18/h3-4,9-11,13-15H,5-8,12H2,1-2H3. The van der Waals surface area contributed by atoms with Gasteiger partial charge in [0.1, 0.15) is 11.5 Å². The maximum Gasteiger partial charge on any atom is 0.142 e. The molecule has 28 heavy (non-hydrogen) atoms. The molecule has 0 spiro atoms. The van der Waals surface area contributed by atoms with E-state index in [-0.39, 0.29) is 11.7 Å². The first-order valence-corrected chi connectivity index (χ1v) is 9.59. The minimum atomic E-state index is 0.142. The molecule has 144 valence electrons. The predicted octanol–water partition coefficient (Wildman–Crippen LogP) is 3.15. The SMILES string of the molecule is COc1cncc(-c2ccc3nnc(CC(=O)C4CCN(C)CC4)cc3c2)c1. The average molecular weight is 376 g/mol. The van der Waals surface area contributed by atoms with Crippen molar-refractivity contribution in [2.45, 2.75) is 19.3 Å². The number of hydrogen-bond donors (Lipinski definition) is 0. The Hall–Kier alpha value is -2.86. The number of carbonyl (C=O) groups is 1. The van der Waals surface area contributed by atoms with E-state index in [4.69, 9.17) is 4.74 Å². The van der Waals surface area contributed by atoms with Gasteiger partial charge in [0.15, 0.2) is 0 Å². The van der Waals surface area contributed by atoms with E-state index in [1.807, 2.05) is 30.5 Å². The smallest absolute Gasteiger partial charge is 0.142 e. The molecule has 0 N–H and O–H groups in total. The van der Waals surface area contributed by atoms with Crippen LogP contribution in [-0.2, 0) is 11.2 Å². The van der Waals surface area contributed by atoms with Gasteiger partial charge in [-0.1, -0.05) is 6.07 Å². The van der Waals surface area contributed by atoms with Gasteiger partial charge in [-0.25, -0.2) is 0 Å². The summed E-state index contributed by atoms with van der Waals surface area (Å²) in [5, 5.41) is 9.56. The first kappa shape index (κ1) is 18.5. The molecule has 3 aromatic rings. The van der Waals surface area contributed by atoms with E-state index in [0.717, 1.165) is 59.4 Å². The molecular formula is C22H24N4O2. The number of fused-ring (bicyclic) bond motifs is 1. The molecule has 0 bridgehead atoms. The lowest BCUT2D eigenvalue weighted by Crippen LogP contribution is -2.34. The Balaban J connectivity index is 1.56. The van der Waals surface area contributed by atoms with E-state index in [9.17, 15) is 4.79 Å². The van der Waals surface area contributed by atoms with Crippen molar-refractivity contribution in [2.75, 3.05) is 27.2 Å². The van der Waals surface area contributed by atoms with Crippen LogP contribution in [0.2, 0.25) is 0 Å². The molecule has 1 saturated heterocycles. The number of Topliss-reactive ketones (excluding diaryl/α,β-unsaturated/α-hetero) is 1. The van der Waals surface area contributed by atoms with Crippen molar-refractivity contribution in [1.82, 2.24) is 20.1 Å². The van der Waals surface area contributed by atoms with E-state index >= 15 is 0 Å². The fraction of sp³-hybridized carbons (Fsp3) is 0.364. The van der Waals surface area contributed by atoms with Crippen LogP contribution in [0.3, 0.4) is 0 Å². The average Bonchev–Trinajstić information content (AvgIpc) is 2.73. The molecule has 0 aliphatic carbocycles. The van der Waals surface area contributed by atoms with Crippen LogP contribution in [0.1, 0.15) is 18.5 Å². The second-order valence-corrected chi connectivity index (χ2v) is 7.44. The van der Waals surface area contributed by atoms with Gasteiger partial charge in [-0.15, -0.1) is 0 Å². The molecule has 0 unspecified atom stereocenters. The number of aromatic nitrogens is 3. The van der Waals surface area contributed by atoms with Crippen LogP contribution < -0.4 is 4.74 Å². The maximum atomic E-state index is 12.7. The number of ether oxygens (including phenoxy) is 1. The highest BCUT2D eigenvalue weighted by Crippen LogP contribution is 2.26. The number of methoxy groups -OCH3 is 1. The molecule has 4 rings (SSSR count). The van der Waals surface area contributed by atoms with Crippen molar-refractivity contribution in [1.29, 1.82) is 0 Å². The third-order valence-electron chi connectivity index (χ3n) is 5.45. The summed E-state index contributed by atoms with van der Waals surface area (Å²) in [5.74, 6) is 1.13. The monoisotopic (exact) mass is 376 g/mol. The molecule has 1 aliphatic rings. The summed E-state index contributed by atoms with van der Waals surface area (Å²) in [6, 6.07) is 9.93. The predicted molar refractivity (Wildman–Crippen MR) is 108 cm³/mol. The van der Waals surface area contributed by atoms with Crippen molar-refractivity contribution in [3.63, 3.8) is 0 Å². The summed E-state index contributed by atoms with van der Waals surface area (Å²) >= 11 is 0. The zero-order valence-electron chi connectivity index (χ0n) is 16.3. The molecule has 1 aliphatic heterocycles. The molecule has 3 heterocycles. The van der Waals surface area contributed by atoms with Gasteiger partial charge >= 0.3 is 0 Å². The molecule has 6 heteroatoms. The third-order valence-corrected chi connectivity index (χ3v) is 5.45. The second kappa shape index (κ2) is 8.02. The summed E-state index contributed by atoms with van der Waals surface area (Å²) in [6.45, 7) is 1.97. The lowest BCUT2D eigenvalue weighted by molar-refractivity contribution is -0.123. The van der Waals surface area contributed by atoms with Gasteiger partial charge in [0.05, 0.1) is 30.9 Å². The zero-order valence-corrected chi connectivity index (χ0v) is 16.3. The summed E-state index contributed by atoms with van der Waals surface area (Å²) in [6.07, 6.45) is 5.71. The molecule has 1 fully saturated rings. The third kappa shape index (κ3) is 4.02. The Morgan fingerprint density at radius 2 is 1.93 bits per heavy atom. The number of nitrogens with zero attached hydrogens (tertiary/aromatic N) is 4. The van der Waals surface area contributed by atoms with Crippen molar-refractivity contribution in [2.24, 2.45) is 5.92 Å². The number of carbonyl (C=O) groups excluding carboxylic acids is 1. The van der Waals surface area contributed by atoms with Crippen LogP contribution in [0.25, 0.3) is 22.0 Å². The Morgan fingerprint density at radius 3 is 2.71 bits per heavy atom. The fourth-order valence-corrected chi connectivity index (χ4v) is 3.70. The van der Waals surface area contributed by atoms with Gasteiger partial charge in [-0.05, 0) is 62.8 Å². The highest BCUT2D eigenvalue weighted by molar-refractivity contribution is 5.87. The highest BCUT2D eigenvalue weighted by atomic mass is 16.5. The number of likely N-dealkylation sites (tertiary alicyclic amines) is 1. The van der Waals surface area contributed by atoms with Gasteiger partial charge in [0, 0.05) is 23.1 Å². The summed E-state index contributed by atoms with van der Waals surface area (Å²) in [4.78, 5) is 19.2. The van der Waals surface area contributed by atoms with E-state index in [1.165, 1.54) is 0 Å². The number of pyridine rings is 1. The molecule has 6 nitrogen and oxygen atoms in total. The van der Waals surface area contributed by atoms with Crippen LogP contribution in [-0.4, -0.2) is 53.1 Å². The van der Waals surface area contributed by atoms with Crippen molar-refractivity contribution in [3.05, 3.63) is 48.4 Å². The normalized spacial score (nSPS) is 15.6. The molecule has 0 amide bonds. The zero-order chi connectivity index (χ0) is 19.5. The second-order valence-electron chi connectivity index (χ2n) is 7.44. The molecular weight excluding hydrogens is 352 g/mol. The first-order valence-electron chi connectivity index (χ1n) is 9.59. The van der Waals surface area contributed by atoms with Crippen molar-refractivity contribution in [3.8, 4) is 16.9 Å². The number of rotatable bonds is 5. The van der Waals surface area contributed by atoms with Crippen molar-refractivity contribution >= 4 is 16.7 Å². The van der Waals surface area contributed by atoms with Gasteiger partial charge in [0.2, 0.25) is 0 Å². The molecule has 1 aromatic carbocycles. The Kier molecular flexibility index (Phi) is 5.30. The molecule has 2 aromatic heterocycles. The van der Waals surface area contributed by atoms with Gasteiger partial charge in [-0.3, -0.25) is 9.78 Å². The van der Waals surface area contributed by atoms with Gasteiger partial charge < -0.3 is 9.64 Å². The Labute approximate surface area is 164 Å². The highest BCUT2D eigenvalue weighted by Gasteiger charge is 2.23. The summed E-state index contributed by atoms with van der Waals surface area (Å²) in [7, 11) is 3.73. The van der Waals surface area contributed by atoms with E-state index < -0.39 is 0 Å². The number of piperidine rings is 1. The minimum absolute atomic E-state index is 0.142. The molecule has 0 saturated carbocycles.